The van der Waals surface area contributed by atoms with Crippen LogP contribution in [0.5, 0.6) is 17.4 Å². The van der Waals surface area contributed by atoms with Crippen LogP contribution in [0.15, 0.2) is 47.6 Å². The van der Waals surface area contributed by atoms with Crippen LogP contribution >= 0.6 is 24.0 Å². The number of rotatable bonds is 10. The van der Waals surface area contributed by atoms with Crippen molar-refractivity contribution in [1.82, 2.24) is 15.6 Å². The smallest absolute Gasteiger partial charge is 0.213 e. The summed E-state index contributed by atoms with van der Waals surface area (Å²) < 4.78 is 16.6. The molecule has 1 aromatic heterocycles. The number of guanidine groups is 1. The monoisotopic (exact) mass is 514 g/mol. The van der Waals surface area contributed by atoms with Crippen molar-refractivity contribution < 1.29 is 14.2 Å². The first-order valence-electron chi connectivity index (χ1n) is 9.55. The minimum absolute atomic E-state index is 0. The standard InChI is InChI=1S/C21H30N4O3.HI/c1-5-22-21(25-15-17-10-11-23-20(12-17)27-6-2)24-14-16(3)28-19-9-7-8-18(13-19)26-4;/h7-13,16H,5-6,14-15H2,1-4H3,(H2,22,24,25);1H. The maximum absolute atomic E-state index is 5.94. The van der Waals surface area contributed by atoms with E-state index in [4.69, 9.17) is 14.2 Å². The number of nitrogens with one attached hydrogen (secondary N) is 2. The molecule has 0 aliphatic heterocycles. The molecular weight excluding hydrogens is 483 g/mol. The largest absolute Gasteiger partial charge is 0.497 e. The Morgan fingerprint density at radius 3 is 2.66 bits per heavy atom. The van der Waals surface area contributed by atoms with Crippen molar-refractivity contribution in [2.45, 2.75) is 33.4 Å². The molecule has 0 amide bonds. The van der Waals surface area contributed by atoms with Crippen molar-refractivity contribution in [2.24, 2.45) is 4.99 Å². The van der Waals surface area contributed by atoms with E-state index in [9.17, 15) is 0 Å². The van der Waals surface area contributed by atoms with Crippen LogP contribution in [0, 0.1) is 0 Å². The van der Waals surface area contributed by atoms with Gasteiger partial charge in [-0.1, -0.05) is 6.07 Å². The van der Waals surface area contributed by atoms with E-state index in [2.05, 4.69) is 20.6 Å². The molecule has 160 valence electrons. The Hall–Kier alpha value is -2.23. The average molecular weight is 514 g/mol. The average Bonchev–Trinajstić information content (AvgIpc) is 2.71. The second kappa shape index (κ2) is 13.9. The highest BCUT2D eigenvalue weighted by atomic mass is 127. The Morgan fingerprint density at radius 1 is 1.14 bits per heavy atom. The lowest BCUT2D eigenvalue weighted by molar-refractivity contribution is 0.223. The first-order valence-corrected chi connectivity index (χ1v) is 9.55. The number of aromatic nitrogens is 1. The molecule has 1 heterocycles. The summed E-state index contributed by atoms with van der Waals surface area (Å²) >= 11 is 0. The molecule has 0 spiro atoms. The second-order valence-electron chi connectivity index (χ2n) is 6.12. The van der Waals surface area contributed by atoms with Gasteiger partial charge in [-0.15, -0.1) is 24.0 Å². The van der Waals surface area contributed by atoms with Crippen molar-refractivity contribution in [3.05, 3.63) is 48.2 Å². The van der Waals surface area contributed by atoms with Gasteiger partial charge in [-0.3, -0.25) is 0 Å². The molecule has 2 N–H and O–H groups in total. The fraction of sp³-hybridized carbons (Fsp3) is 0.429. The Morgan fingerprint density at radius 2 is 1.93 bits per heavy atom. The lowest BCUT2D eigenvalue weighted by Crippen LogP contribution is -2.41. The quantitative estimate of drug-likeness (QED) is 0.287. The minimum atomic E-state index is -0.0403. The van der Waals surface area contributed by atoms with Gasteiger partial charge >= 0.3 is 0 Å². The van der Waals surface area contributed by atoms with E-state index in [0.717, 1.165) is 29.6 Å². The molecule has 0 saturated carbocycles. The fourth-order valence-electron chi connectivity index (χ4n) is 2.48. The summed E-state index contributed by atoms with van der Waals surface area (Å²) in [5.74, 6) is 2.90. The molecular formula is C21H31IN4O3. The molecule has 0 fully saturated rings. The van der Waals surface area contributed by atoms with Crippen LogP contribution in [0.1, 0.15) is 26.3 Å². The summed E-state index contributed by atoms with van der Waals surface area (Å²) in [6, 6.07) is 11.4. The van der Waals surface area contributed by atoms with E-state index in [0.29, 0.717) is 25.6 Å². The summed E-state index contributed by atoms with van der Waals surface area (Å²) in [4.78, 5) is 8.80. The molecule has 1 unspecified atom stereocenters. The third kappa shape index (κ3) is 9.21. The number of aliphatic imine (C=N–C) groups is 1. The molecule has 1 atom stereocenters. The topological polar surface area (TPSA) is 77.0 Å². The molecule has 2 rings (SSSR count). The zero-order valence-corrected chi connectivity index (χ0v) is 19.8. The third-order valence-corrected chi connectivity index (χ3v) is 3.79. The molecule has 0 aliphatic rings. The summed E-state index contributed by atoms with van der Waals surface area (Å²) in [7, 11) is 1.64. The molecule has 0 radical (unpaired) electrons. The molecule has 0 bridgehead atoms. The highest BCUT2D eigenvalue weighted by Gasteiger charge is 2.07. The maximum atomic E-state index is 5.94. The van der Waals surface area contributed by atoms with Gasteiger partial charge in [-0.2, -0.15) is 0 Å². The van der Waals surface area contributed by atoms with E-state index >= 15 is 0 Å². The van der Waals surface area contributed by atoms with Crippen molar-refractivity contribution in [2.75, 3.05) is 26.8 Å². The van der Waals surface area contributed by atoms with Crippen LogP contribution < -0.4 is 24.8 Å². The summed E-state index contributed by atoms with van der Waals surface area (Å²) in [5, 5.41) is 6.56. The van der Waals surface area contributed by atoms with E-state index < -0.39 is 0 Å². The lowest BCUT2D eigenvalue weighted by Gasteiger charge is -2.18. The Kier molecular flexibility index (Phi) is 11.9. The summed E-state index contributed by atoms with van der Waals surface area (Å²) in [6.45, 7) is 8.49. The zero-order valence-electron chi connectivity index (χ0n) is 17.5. The molecule has 0 aliphatic carbocycles. The maximum Gasteiger partial charge on any atom is 0.213 e. The summed E-state index contributed by atoms with van der Waals surface area (Å²) in [6.07, 6.45) is 1.70. The van der Waals surface area contributed by atoms with Crippen LogP contribution in [0.25, 0.3) is 0 Å². The van der Waals surface area contributed by atoms with E-state index in [1.807, 2.05) is 57.2 Å². The van der Waals surface area contributed by atoms with Gasteiger partial charge in [0.15, 0.2) is 5.96 Å². The van der Waals surface area contributed by atoms with Gasteiger partial charge in [0.2, 0.25) is 5.88 Å². The van der Waals surface area contributed by atoms with Crippen LogP contribution in [0.4, 0.5) is 0 Å². The van der Waals surface area contributed by atoms with Crippen molar-refractivity contribution in [3.8, 4) is 17.4 Å². The Bertz CT molecular complexity index is 758. The molecule has 8 heteroatoms. The highest BCUT2D eigenvalue weighted by molar-refractivity contribution is 14.0. The van der Waals surface area contributed by atoms with E-state index in [1.54, 1.807) is 13.3 Å². The predicted molar refractivity (Wildman–Crippen MR) is 127 cm³/mol. The van der Waals surface area contributed by atoms with Gasteiger partial charge < -0.3 is 24.8 Å². The number of methoxy groups -OCH3 is 1. The van der Waals surface area contributed by atoms with Crippen LogP contribution in [-0.2, 0) is 6.54 Å². The molecule has 1 aromatic carbocycles. The van der Waals surface area contributed by atoms with Crippen molar-refractivity contribution in [1.29, 1.82) is 0 Å². The number of hydrogen-bond donors (Lipinski definition) is 2. The van der Waals surface area contributed by atoms with E-state index in [-0.39, 0.29) is 30.1 Å². The molecule has 0 saturated heterocycles. The number of halogens is 1. The molecule has 2 aromatic rings. The fourth-order valence-corrected chi connectivity index (χ4v) is 2.48. The first-order chi connectivity index (χ1) is 13.6. The number of nitrogens with zero attached hydrogens (tertiary/aromatic N) is 2. The third-order valence-electron chi connectivity index (χ3n) is 3.79. The number of ether oxygens (including phenoxy) is 3. The van der Waals surface area contributed by atoms with Crippen molar-refractivity contribution in [3.63, 3.8) is 0 Å². The van der Waals surface area contributed by atoms with Crippen LogP contribution in [0.2, 0.25) is 0 Å². The van der Waals surface area contributed by atoms with Gasteiger partial charge in [0.25, 0.3) is 0 Å². The first kappa shape index (κ1) is 24.8. The van der Waals surface area contributed by atoms with Crippen LogP contribution in [0.3, 0.4) is 0 Å². The predicted octanol–water partition coefficient (Wildman–Crippen LogP) is 3.63. The highest BCUT2D eigenvalue weighted by Crippen LogP contribution is 2.19. The normalized spacial score (nSPS) is 11.8. The SMILES string of the molecule is CCNC(=NCc1ccnc(OCC)c1)NCC(C)Oc1cccc(OC)c1.I. The Balaban J connectivity index is 0.00000420. The van der Waals surface area contributed by atoms with Gasteiger partial charge in [-0.05, 0) is 44.5 Å². The van der Waals surface area contributed by atoms with Crippen LogP contribution in [-0.4, -0.2) is 43.9 Å². The lowest BCUT2D eigenvalue weighted by atomic mass is 10.3. The second-order valence-corrected chi connectivity index (χ2v) is 6.12. The Labute approximate surface area is 190 Å². The van der Waals surface area contributed by atoms with Gasteiger partial charge in [0, 0.05) is 24.9 Å². The van der Waals surface area contributed by atoms with Gasteiger partial charge in [0.05, 0.1) is 26.8 Å². The summed E-state index contributed by atoms with van der Waals surface area (Å²) in [5.41, 5.74) is 1.04. The molecule has 29 heavy (non-hydrogen) atoms. The number of benzene rings is 1. The van der Waals surface area contributed by atoms with Gasteiger partial charge in [-0.25, -0.2) is 9.98 Å². The van der Waals surface area contributed by atoms with Crippen molar-refractivity contribution >= 4 is 29.9 Å². The minimum Gasteiger partial charge on any atom is -0.497 e. The molecule has 7 nitrogen and oxygen atoms in total. The van der Waals surface area contributed by atoms with Gasteiger partial charge in [0.1, 0.15) is 17.6 Å². The number of hydrogen-bond acceptors (Lipinski definition) is 5. The number of pyridine rings is 1. The van der Waals surface area contributed by atoms with E-state index in [1.165, 1.54) is 0 Å². The zero-order chi connectivity index (χ0) is 20.2.